The summed E-state index contributed by atoms with van der Waals surface area (Å²) in [6.45, 7) is 0. The van der Waals surface area contributed by atoms with E-state index in [4.69, 9.17) is 10.00 Å². The van der Waals surface area contributed by atoms with Crippen molar-refractivity contribution >= 4 is 11.6 Å². The zero-order valence-electron chi connectivity index (χ0n) is 11.3. The number of nitrogens with zero attached hydrogens (tertiary/aromatic N) is 2. The van der Waals surface area contributed by atoms with Gasteiger partial charge in [-0.3, -0.25) is 4.79 Å². The molecule has 0 saturated heterocycles. The number of carbonyl (C=O) groups is 1. The molecule has 4 heteroatoms. The van der Waals surface area contributed by atoms with E-state index in [1.165, 1.54) is 4.90 Å². The van der Waals surface area contributed by atoms with Crippen LogP contribution in [-0.4, -0.2) is 20.1 Å². The van der Waals surface area contributed by atoms with Crippen molar-refractivity contribution in [2.75, 3.05) is 19.1 Å². The maximum atomic E-state index is 12.4. The number of rotatable bonds is 3. The number of para-hydroxylation sites is 2. The number of ether oxygens (including phenoxy) is 1. The summed E-state index contributed by atoms with van der Waals surface area (Å²) < 4.78 is 5.25. The second kappa shape index (κ2) is 5.89. The van der Waals surface area contributed by atoms with Crippen LogP contribution in [0.15, 0.2) is 48.5 Å². The lowest BCUT2D eigenvalue weighted by atomic mass is 10.1. The predicted octanol–water partition coefficient (Wildman–Crippen LogP) is 2.84. The van der Waals surface area contributed by atoms with E-state index >= 15 is 0 Å². The second-order valence-corrected chi connectivity index (χ2v) is 4.23. The average molecular weight is 266 g/mol. The first-order valence-corrected chi connectivity index (χ1v) is 6.08. The molecule has 1 amide bonds. The highest BCUT2D eigenvalue weighted by atomic mass is 16.5. The molecule has 2 aromatic carbocycles. The minimum Gasteiger partial charge on any atom is -0.495 e. The van der Waals surface area contributed by atoms with Crippen molar-refractivity contribution < 1.29 is 9.53 Å². The van der Waals surface area contributed by atoms with E-state index in [-0.39, 0.29) is 5.91 Å². The molecule has 0 saturated carbocycles. The molecule has 0 aromatic heterocycles. The van der Waals surface area contributed by atoms with E-state index in [1.54, 1.807) is 44.5 Å². The Morgan fingerprint density at radius 3 is 2.40 bits per heavy atom. The molecule has 4 nitrogen and oxygen atoms in total. The standard InChI is InChI=1S/C16H14N2O2/c1-18(14-5-3-4-6-15(14)20-2)16(19)13-9-7-12(11-17)8-10-13/h3-10H,1-2H3. The zero-order valence-corrected chi connectivity index (χ0v) is 11.3. The summed E-state index contributed by atoms with van der Waals surface area (Å²) in [6, 6.07) is 15.9. The first kappa shape index (κ1) is 13.6. The highest BCUT2D eigenvalue weighted by Gasteiger charge is 2.16. The summed E-state index contributed by atoms with van der Waals surface area (Å²) in [4.78, 5) is 13.9. The molecule has 0 unspecified atom stereocenters. The van der Waals surface area contributed by atoms with Gasteiger partial charge in [0.2, 0.25) is 0 Å². The molecule has 0 aliphatic rings. The molecular formula is C16H14N2O2. The first-order valence-electron chi connectivity index (χ1n) is 6.08. The minimum atomic E-state index is -0.154. The first-order chi connectivity index (χ1) is 9.67. The lowest BCUT2D eigenvalue weighted by Gasteiger charge is -2.19. The lowest BCUT2D eigenvalue weighted by Crippen LogP contribution is -2.26. The van der Waals surface area contributed by atoms with E-state index in [0.717, 1.165) is 0 Å². The quantitative estimate of drug-likeness (QED) is 0.858. The van der Waals surface area contributed by atoms with Crippen molar-refractivity contribution in [2.45, 2.75) is 0 Å². The lowest BCUT2D eigenvalue weighted by molar-refractivity contribution is 0.0992. The Morgan fingerprint density at radius 1 is 1.15 bits per heavy atom. The van der Waals surface area contributed by atoms with Crippen LogP contribution in [0.4, 0.5) is 5.69 Å². The van der Waals surface area contributed by atoms with Gasteiger partial charge >= 0.3 is 0 Å². The smallest absolute Gasteiger partial charge is 0.258 e. The molecule has 0 N–H and O–H groups in total. The third-order valence-electron chi connectivity index (χ3n) is 3.01. The number of benzene rings is 2. The largest absolute Gasteiger partial charge is 0.495 e. The molecule has 2 rings (SSSR count). The van der Waals surface area contributed by atoms with Gasteiger partial charge in [-0.25, -0.2) is 0 Å². The molecule has 0 aliphatic heterocycles. The second-order valence-electron chi connectivity index (χ2n) is 4.23. The molecule has 100 valence electrons. The van der Waals surface area contributed by atoms with Gasteiger partial charge in [0.15, 0.2) is 0 Å². The van der Waals surface area contributed by atoms with Gasteiger partial charge in [-0.1, -0.05) is 12.1 Å². The number of anilines is 1. The van der Waals surface area contributed by atoms with Gasteiger partial charge in [-0.15, -0.1) is 0 Å². The van der Waals surface area contributed by atoms with Crippen LogP contribution in [0.25, 0.3) is 0 Å². The van der Waals surface area contributed by atoms with Gasteiger partial charge < -0.3 is 9.64 Å². The fourth-order valence-corrected chi connectivity index (χ4v) is 1.90. The number of hydrogen-bond donors (Lipinski definition) is 0. The molecule has 0 atom stereocenters. The third kappa shape index (κ3) is 2.62. The van der Waals surface area contributed by atoms with Crippen LogP contribution < -0.4 is 9.64 Å². The maximum Gasteiger partial charge on any atom is 0.258 e. The van der Waals surface area contributed by atoms with E-state index in [1.807, 2.05) is 24.3 Å². The van der Waals surface area contributed by atoms with E-state index in [2.05, 4.69) is 0 Å². The van der Waals surface area contributed by atoms with Gasteiger partial charge in [0.25, 0.3) is 5.91 Å². The molecular weight excluding hydrogens is 252 g/mol. The zero-order chi connectivity index (χ0) is 14.5. The number of methoxy groups -OCH3 is 1. The number of nitriles is 1. The SMILES string of the molecule is COc1ccccc1N(C)C(=O)c1ccc(C#N)cc1. The van der Waals surface area contributed by atoms with Crippen LogP contribution in [0.1, 0.15) is 15.9 Å². The Bertz CT molecular complexity index is 657. The van der Waals surface area contributed by atoms with Crippen molar-refractivity contribution in [2.24, 2.45) is 0 Å². The summed E-state index contributed by atoms with van der Waals surface area (Å²) in [5.41, 5.74) is 1.75. The minimum absolute atomic E-state index is 0.154. The number of hydrogen-bond acceptors (Lipinski definition) is 3. The molecule has 0 aliphatic carbocycles. The highest BCUT2D eigenvalue weighted by Crippen LogP contribution is 2.27. The Kier molecular flexibility index (Phi) is 4.02. The molecule has 20 heavy (non-hydrogen) atoms. The molecule has 0 bridgehead atoms. The summed E-state index contributed by atoms with van der Waals surface area (Å²) in [6.07, 6.45) is 0. The van der Waals surface area contributed by atoms with Crippen LogP contribution in [0.5, 0.6) is 5.75 Å². The van der Waals surface area contributed by atoms with Crippen molar-refractivity contribution in [1.82, 2.24) is 0 Å². The van der Waals surface area contributed by atoms with Crippen LogP contribution in [0, 0.1) is 11.3 Å². The van der Waals surface area contributed by atoms with Gasteiger partial charge in [0.05, 0.1) is 24.4 Å². The molecule has 0 heterocycles. The van der Waals surface area contributed by atoms with Crippen molar-refractivity contribution in [3.63, 3.8) is 0 Å². The van der Waals surface area contributed by atoms with E-state index in [9.17, 15) is 4.79 Å². The fourth-order valence-electron chi connectivity index (χ4n) is 1.90. The van der Waals surface area contributed by atoms with Crippen LogP contribution in [-0.2, 0) is 0 Å². The molecule has 0 radical (unpaired) electrons. The summed E-state index contributed by atoms with van der Waals surface area (Å²) >= 11 is 0. The van der Waals surface area contributed by atoms with Crippen LogP contribution in [0.2, 0.25) is 0 Å². The molecule has 0 fully saturated rings. The third-order valence-corrected chi connectivity index (χ3v) is 3.01. The Balaban J connectivity index is 2.30. The van der Waals surface area contributed by atoms with E-state index < -0.39 is 0 Å². The van der Waals surface area contributed by atoms with Crippen molar-refractivity contribution in [1.29, 1.82) is 5.26 Å². The predicted molar refractivity (Wildman–Crippen MR) is 76.9 cm³/mol. The van der Waals surface area contributed by atoms with Gasteiger partial charge in [0.1, 0.15) is 5.75 Å². The van der Waals surface area contributed by atoms with E-state index in [0.29, 0.717) is 22.6 Å². The number of amides is 1. The van der Waals surface area contributed by atoms with Crippen LogP contribution >= 0.6 is 0 Å². The van der Waals surface area contributed by atoms with Crippen molar-refractivity contribution in [3.8, 4) is 11.8 Å². The van der Waals surface area contributed by atoms with Crippen molar-refractivity contribution in [3.05, 3.63) is 59.7 Å². The Morgan fingerprint density at radius 2 is 1.80 bits per heavy atom. The summed E-state index contributed by atoms with van der Waals surface area (Å²) in [7, 11) is 3.26. The topological polar surface area (TPSA) is 53.3 Å². The molecule has 0 spiro atoms. The monoisotopic (exact) mass is 266 g/mol. The molecule has 2 aromatic rings. The Hall–Kier alpha value is -2.80. The fraction of sp³-hybridized carbons (Fsp3) is 0.125. The van der Waals surface area contributed by atoms with Crippen LogP contribution in [0.3, 0.4) is 0 Å². The highest BCUT2D eigenvalue weighted by molar-refractivity contribution is 6.06. The normalized spacial score (nSPS) is 9.65. The van der Waals surface area contributed by atoms with Gasteiger partial charge in [-0.05, 0) is 36.4 Å². The maximum absolute atomic E-state index is 12.4. The summed E-state index contributed by atoms with van der Waals surface area (Å²) in [5, 5.41) is 8.76. The average Bonchev–Trinajstić information content (AvgIpc) is 2.53. The van der Waals surface area contributed by atoms with Gasteiger partial charge in [-0.2, -0.15) is 5.26 Å². The summed E-state index contributed by atoms with van der Waals surface area (Å²) in [5.74, 6) is 0.482. The van der Waals surface area contributed by atoms with Gasteiger partial charge in [0, 0.05) is 12.6 Å². The Labute approximate surface area is 117 Å². The number of carbonyl (C=O) groups excluding carboxylic acids is 1.